The lowest BCUT2D eigenvalue weighted by Gasteiger charge is -2.37. The van der Waals surface area contributed by atoms with Crippen molar-refractivity contribution in [2.24, 2.45) is 0 Å². The molecule has 0 aliphatic carbocycles. The number of benzene rings is 2. The molecule has 0 saturated heterocycles. The number of amides is 3. The van der Waals surface area contributed by atoms with Crippen molar-refractivity contribution in [3.63, 3.8) is 0 Å². The van der Waals surface area contributed by atoms with Crippen molar-refractivity contribution in [1.29, 1.82) is 0 Å². The third kappa shape index (κ3) is 6.13. The van der Waals surface area contributed by atoms with E-state index in [9.17, 15) is 14.0 Å². The average Bonchev–Trinajstić information content (AvgIpc) is 3.30. The van der Waals surface area contributed by atoms with Crippen molar-refractivity contribution in [1.82, 2.24) is 9.80 Å². The molecular formula is C26H27ClFN3O3S. The van der Waals surface area contributed by atoms with Gasteiger partial charge in [0.1, 0.15) is 24.7 Å². The molecule has 6 nitrogen and oxygen atoms in total. The minimum absolute atomic E-state index is 0.0833. The molecule has 3 aromatic rings. The molecule has 9 heteroatoms. The predicted octanol–water partition coefficient (Wildman–Crippen LogP) is 5.99. The molecule has 0 radical (unpaired) electrons. The van der Waals surface area contributed by atoms with E-state index in [1.165, 1.54) is 21.9 Å². The van der Waals surface area contributed by atoms with Crippen LogP contribution in [-0.4, -0.2) is 47.5 Å². The lowest BCUT2D eigenvalue weighted by molar-refractivity contribution is -0.135. The number of nitrogens with one attached hydrogen (secondary N) is 1. The van der Waals surface area contributed by atoms with Crippen LogP contribution in [0, 0.1) is 5.82 Å². The quantitative estimate of drug-likeness (QED) is 0.420. The van der Waals surface area contributed by atoms with Gasteiger partial charge in [0.25, 0.3) is 0 Å². The van der Waals surface area contributed by atoms with Gasteiger partial charge >= 0.3 is 6.03 Å². The van der Waals surface area contributed by atoms with Gasteiger partial charge in [-0.3, -0.25) is 4.79 Å². The predicted molar refractivity (Wildman–Crippen MR) is 137 cm³/mol. The first-order valence-electron chi connectivity index (χ1n) is 11.4. The number of thiophene rings is 1. The fraction of sp³-hybridized carbons (Fsp3) is 0.308. The van der Waals surface area contributed by atoms with Crippen LogP contribution in [0.25, 0.3) is 0 Å². The van der Waals surface area contributed by atoms with E-state index in [2.05, 4.69) is 5.32 Å². The molecule has 35 heavy (non-hydrogen) atoms. The van der Waals surface area contributed by atoms with Gasteiger partial charge in [-0.25, -0.2) is 9.18 Å². The first-order valence-corrected chi connectivity index (χ1v) is 12.6. The first kappa shape index (κ1) is 25.0. The highest BCUT2D eigenvalue weighted by atomic mass is 35.5. The Balaban J connectivity index is 1.49. The molecule has 184 valence electrons. The zero-order valence-corrected chi connectivity index (χ0v) is 21.1. The van der Waals surface area contributed by atoms with Gasteiger partial charge < -0.3 is 19.9 Å². The van der Waals surface area contributed by atoms with Crippen LogP contribution in [0.1, 0.15) is 30.3 Å². The molecule has 1 aliphatic rings. The number of carbonyl (C=O) groups is 2. The molecule has 3 amide bonds. The van der Waals surface area contributed by atoms with Gasteiger partial charge in [0, 0.05) is 34.2 Å². The van der Waals surface area contributed by atoms with Crippen LogP contribution in [0.5, 0.6) is 5.75 Å². The number of carbonyl (C=O) groups excluding carboxylic acids is 2. The lowest BCUT2D eigenvalue weighted by Crippen LogP contribution is -2.50. The Bertz CT molecular complexity index is 1200. The summed E-state index contributed by atoms with van der Waals surface area (Å²) < 4.78 is 19.5. The van der Waals surface area contributed by atoms with Crippen molar-refractivity contribution >= 4 is 40.6 Å². The Kier molecular flexibility index (Phi) is 7.93. The van der Waals surface area contributed by atoms with Crippen LogP contribution in [0.15, 0.2) is 60.0 Å². The zero-order valence-electron chi connectivity index (χ0n) is 19.5. The maximum absolute atomic E-state index is 13.6. The summed E-state index contributed by atoms with van der Waals surface area (Å²) in [5.41, 5.74) is 1.59. The second-order valence-electron chi connectivity index (χ2n) is 8.58. The Morgan fingerprint density at radius 3 is 2.77 bits per heavy atom. The fourth-order valence-electron chi connectivity index (χ4n) is 4.09. The van der Waals surface area contributed by atoms with Gasteiger partial charge in [-0.2, -0.15) is 0 Å². The number of ether oxygens (including phenoxy) is 1. The number of anilines is 1. The molecule has 0 spiro atoms. The number of hydrogen-bond acceptors (Lipinski definition) is 4. The molecule has 1 unspecified atom stereocenters. The second-order valence-corrected chi connectivity index (χ2v) is 10.0. The average molecular weight is 516 g/mol. The molecule has 1 aliphatic heterocycles. The standard InChI is InChI=1S/C26H27ClFN3O3S/c1-17(2)31(26(33)29-20-7-3-5-18(27)13-20)15-25(32)30-11-9-24-22(10-12-35-24)23(30)16-34-21-8-4-6-19(28)14-21/h3-8,10,12-14,17,23H,9,11,15-16H2,1-2H3,(H,29,33). The molecule has 0 bridgehead atoms. The normalized spacial score (nSPS) is 15.0. The third-order valence-electron chi connectivity index (χ3n) is 5.88. The molecule has 4 rings (SSSR count). The largest absolute Gasteiger partial charge is 0.491 e. The van der Waals surface area contributed by atoms with E-state index < -0.39 is 0 Å². The van der Waals surface area contributed by atoms with E-state index in [-0.39, 0.29) is 43.0 Å². The van der Waals surface area contributed by atoms with Gasteiger partial charge in [-0.15, -0.1) is 11.3 Å². The van der Waals surface area contributed by atoms with Gasteiger partial charge in [0.05, 0.1) is 6.04 Å². The molecule has 0 saturated carbocycles. The summed E-state index contributed by atoms with van der Waals surface area (Å²) >= 11 is 7.68. The monoisotopic (exact) mass is 515 g/mol. The SMILES string of the molecule is CC(C)N(CC(=O)N1CCc2sccc2C1COc1cccc(F)c1)C(=O)Nc1cccc(Cl)c1. The van der Waals surface area contributed by atoms with E-state index in [0.29, 0.717) is 23.0 Å². The summed E-state index contributed by atoms with van der Waals surface area (Å²) in [7, 11) is 0. The molecule has 2 heterocycles. The van der Waals surface area contributed by atoms with Gasteiger partial charge in [-0.1, -0.05) is 23.7 Å². The van der Waals surface area contributed by atoms with E-state index in [1.807, 2.05) is 25.3 Å². The van der Waals surface area contributed by atoms with Crippen molar-refractivity contribution in [3.05, 3.63) is 81.3 Å². The Hall–Kier alpha value is -3.10. The van der Waals surface area contributed by atoms with Crippen molar-refractivity contribution in [3.8, 4) is 5.75 Å². The lowest BCUT2D eigenvalue weighted by atomic mass is 10.0. The van der Waals surface area contributed by atoms with Crippen LogP contribution in [0.2, 0.25) is 5.02 Å². The summed E-state index contributed by atoms with van der Waals surface area (Å²) in [6, 6.07) is 13.9. The van der Waals surface area contributed by atoms with E-state index in [4.69, 9.17) is 16.3 Å². The number of nitrogens with zero attached hydrogens (tertiary/aromatic N) is 2. The van der Waals surface area contributed by atoms with Gasteiger partial charge in [0.2, 0.25) is 5.91 Å². The number of halogens is 2. The summed E-state index contributed by atoms with van der Waals surface area (Å²) in [4.78, 5) is 31.0. The summed E-state index contributed by atoms with van der Waals surface area (Å²) in [6.07, 6.45) is 0.742. The second kappa shape index (κ2) is 11.1. The van der Waals surface area contributed by atoms with Crippen LogP contribution in [0.4, 0.5) is 14.9 Å². The highest BCUT2D eigenvalue weighted by Crippen LogP contribution is 2.34. The summed E-state index contributed by atoms with van der Waals surface area (Å²) in [6.45, 7) is 4.35. The molecular weight excluding hydrogens is 489 g/mol. The number of hydrogen-bond donors (Lipinski definition) is 1. The number of fused-ring (bicyclic) bond motifs is 1. The van der Waals surface area contributed by atoms with Crippen molar-refractivity contribution < 1.29 is 18.7 Å². The van der Waals surface area contributed by atoms with Gasteiger partial charge in [-0.05, 0) is 67.6 Å². The maximum atomic E-state index is 13.6. The van der Waals surface area contributed by atoms with Crippen LogP contribution >= 0.6 is 22.9 Å². The van der Waals surface area contributed by atoms with E-state index in [1.54, 1.807) is 52.6 Å². The first-order chi connectivity index (χ1) is 16.8. The zero-order chi connectivity index (χ0) is 24.9. The summed E-state index contributed by atoms with van der Waals surface area (Å²) in [5.74, 6) is -0.150. The third-order valence-corrected chi connectivity index (χ3v) is 7.12. The molecule has 1 aromatic heterocycles. The van der Waals surface area contributed by atoms with Crippen LogP contribution < -0.4 is 10.1 Å². The minimum Gasteiger partial charge on any atom is -0.491 e. The minimum atomic E-state index is -0.381. The molecule has 1 N–H and O–H groups in total. The smallest absolute Gasteiger partial charge is 0.322 e. The number of urea groups is 1. The maximum Gasteiger partial charge on any atom is 0.322 e. The van der Waals surface area contributed by atoms with Crippen LogP contribution in [-0.2, 0) is 11.2 Å². The van der Waals surface area contributed by atoms with E-state index in [0.717, 1.165) is 12.0 Å². The Morgan fingerprint density at radius 1 is 1.23 bits per heavy atom. The van der Waals surface area contributed by atoms with Crippen LogP contribution in [0.3, 0.4) is 0 Å². The number of rotatable bonds is 7. The molecule has 2 aromatic carbocycles. The Labute approximate surface area is 213 Å². The van der Waals surface area contributed by atoms with E-state index >= 15 is 0 Å². The van der Waals surface area contributed by atoms with Crippen molar-refractivity contribution in [2.75, 3.05) is 25.0 Å². The molecule has 1 atom stereocenters. The Morgan fingerprint density at radius 2 is 2.03 bits per heavy atom. The fourth-order valence-corrected chi connectivity index (χ4v) is 5.21. The highest BCUT2D eigenvalue weighted by Gasteiger charge is 2.34. The highest BCUT2D eigenvalue weighted by molar-refractivity contribution is 7.10. The molecule has 0 fully saturated rings. The summed E-state index contributed by atoms with van der Waals surface area (Å²) in [5, 5.41) is 5.34. The van der Waals surface area contributed by atoms with Gasteiger partial charge in [0.15, 0.2) is 0 Å². The van der Waals surface area contributed by atoms with Crippen molar-refractivity contribution in [2.45, 2.75) is 32.4 Å². The topological polar surface area (TPSA) is 61.9 Å².